The van der Waals surface area contributed by atoms with E-state index in [4.69, 9.17) is 18.9 Å². The summed E-state index contributed by atoms with van der Waals surface area (Å²) in [5, 5.41) is 0. The summed E-state index contributed by atoms with van der Waals surface area (Å²) in [6, 6.07) is 3.07. The number of benzene rings is 1. The molecule has 0 radical (unpaired) electrons. The molecule has 0 aliphatic heterocycles. The predicted octanol–water partition coefficient (Wildman–Crippen LogP) is 3.72. The van der Waals surface area contributed by atoms with Gasteiger partial charge in [0.25, 0.3) is 0 Å². The van der Waals surface area contributed by atoms with E-state index in [0.29, 0.717) is 17.2 Å². The Bertz CT molecular complexity index is 571. The van der Waals surface area contributed by atoms with E-state index >= 15 is 0 Å². The third-order valence-electron chi connectivity index (χ3n) is 2.65. The summed E-state index contributed by atoms with van der Waals surface area (Å²) < 4.78 is 21.9. The molecule has 0 saturated heterocycles. The molecule has 0 aromatic heterocycles. The average molecular weight is 330 g/mol. The van der Waals surface area contributed by atoms with Crippen LogP contribution in [0.25, 0.3) is 0 Å². The molecule has 24 heavy (non-hydrogen) atoms. The third kappa shape index (κ3) is 5.68. The summed E-state index contributed by atoms with van der Waals surface area (Å²) in [4.78, 5) is 12.1. The second-order valence-electron chi connectivity index (χ2n) is 4.49. The Morgan fingerprint density at radius 2 is 1.25 bits per heavy atom. The Labute approximate surface area is 142 Å². The second kappa shape index (κ2) is 10.7. The van der Waals surface area contributed by atoms with Crippen molar-refractivity contribution in [3.8, 4) is 17.2 Å². The highest BCUT2D eigenvalue weighted by molar-refractivity contribution is 5.91. The first-order chi connectivity index (χ1) is 11.7. The molecule has 0 atom stereocenters. The van der Waals surface area contributed by atoms with Gasteiger partial charge in [-0.2, -0.15) is 0 Å². The first kappa shape index (κ1) is 19.1. The van der Waals surface area contributed by atoms with E-state index in [-0.39, 0.29) is 32.0 Å². The number of rotatable bonds is 12. The van der Waals surface area contributed by atoms with Crippen molar-refractivity contribution in [2.75, 3.05) is 26.4 Å². The molecule has 1 aromatic carbocycles. The summed E-state index contributed by atoms with van der Waals surface area (Å²) in [6.07, 6.45) is 6.26. The first-order valence-electron chi connectivity index (χ1n) is 7.35. The number of hydrogen-bond acceptors (Lipinski definition) is 5. The molecule has 5 nitrogen and oxygen atoms in total. The molecule has 0 fully saturated rings. The molecule has 0 amide bonds. The monoisotopic (exact) mass is 330 g/mol. The minimum atomic E-state index is -0.517. The Balaban J connectivity index is 3.27. The van der Waals surface area contributed by atoms with E-state index in [1.165, 1.54) is 18.2 Å². The van der Waals surface area contributed by atoms with E-state index in [0.717, 1.165) is 0 Å². The molecule has 1 rings (SSSR count). The lowest BCUT2D eigenvalue weighted by Gasteiger charge is -2.17. The van der Waals surface area contributed by atoms with Crippen molar-refractivity contribution in [2.24, 2.45) is 0 Å². The maximum Gasteiger partial charge on any atom is 0.338 e. The van der Waals surface area contributed by atoms with Crippen molar-refractivity contribution < 1.29 is 23.7 Å². The maximum atomic E-state index is 12.1. The van der Waals surface area contributed by atoms with Crippen LogP contribution in [0.5, 0.6) is 17.2 Å². The van der Waals surface area contributed by atoms with Crippen molar-refractivity contribution in [1.82, 2.24) is 0 Å². The van der Waals surface area contributed by atoms with E-state index in [2.05, 4.69) is 26.3 Å². The summed E-state index contributed by atoms with van der Waals surface area (Å²) in [7, 11) is 0. The van der Waals surface area contributed by atoms with Gasteiger partial charge < -0.3 is 18.9 Å². The van der Waals surface area contributed by atoms with Crippen LogP contribution in [0.15, 0.2) is 62.8 Å². The van der Waals surface area contributed by atoms with Gasteiger partial charge in [-0.1, -0.05) is 50.6 Å². The molecule has 0 unspecified atom stereocenters. The topological polar surface area (TPSA) is 54.0 Å². The minimum Gasteiger partial charge on any atom is -0.485 e. The number of hydrogen-bond donors (Lipinski definition) is 0. The number of carbonyl (C=O) groups is 1. The standard InChI is InChI=1S/C19H22O5/c1-5-9-21-16-13-15(19(20)24-12-8-4)14-17(22-10-6-2)18(16)23-11-7-3/h5-8,13-14H,1-4,9-12H2. The van der Waals surface area contributed by atoms with Gasteiger partial charge in [0.2, 0.25) is 5.75 Å². The van der Waals surface area contributed by atoms with E-state index in [1.807, 2.05) is 0 Å². The van der Waals surface area contributed by atoms with Crippen LogP contribution < -0.4 is 14.2 Å². The first-order valence-corrected chi connectivity index (χ1v) is 7.35. The van der Waals surface area contributed by atoms with Crippen LogP contribution >= 0.6 is 0 Å². The fourth-order valence-electron chi connectivity index (χ4n) is 1.71. The normalized spacial score (nSPS) is 9.50. The molecule has 0 aliphatic carbocycles. The Morgan fingerprint density at radius 1 is 0.792 bits per heavy atom. The number of ether oxygens (including phenoxy) is 4. The van der Waals surface area contributed by atoms with E-state index < -0.39 is 5.97 Å². The summed E-state index contributed by atoms with van der Waals surface area (Å²) in [5.41, 5.74) is 0.279. The van der Waals surface area contributed by atoms with E-state index in [1.54, 1.807) is 18.2 Å². The molecule has 0 spiro atoms. The molecular weight excluding hydrogens is 308 g/mol. The van der Waals surface area contributed by atoms with E-state index in [9.17, 15) is 4.79 Å². The molecule has 128 valence electrons. The molecule has 5 heteroatoms. The second-order valence-corrected chi connectivity index (χ2v) is 4.49. The molecule has 0 N–H and O–H groups in total. The van der Waals surface area contributed by atoms with Crippen molar-refractivity contribution >= 4 is 5.97 Å². The lowest BCUT2D eigenvalue weighted by molar-refractivity contribution is 0.0548. The number of carbonyl (C=O) groups excluding carboxylic acids is 1. The van der Waals surface area contributed by atoms with Crippen LogP contribution in [0.2, 0.25) is 0 Å². The minimum absolute atomic E-state index is 0.110. The van der Waals surface area contributed by atoms with Gasteiger partial charge in [-0.3, -0.25) is 0 Å². The highest BCUT2D eigenvalue weighted by atomic mass is 16.5. The third-order valence-corrected chi connectivity index (χ3v) is 2.65. The summed E-state index contributed by atoms with van der Waals surface area (Å²) >= 11 is 0. The zero-order chi connectivity index (χ0) is 17.8. The molecular formula is C19H22O5. The fraction of sp³-hybridized carbons (Fsp3) is 0.211. The Hall–Kier alpha value is -2.95. The molecule has 1 aromatic rings. The van der Waals surface area contributed by atoms with Crippen molar-refractivity contribution in [1.29, 1.82) is 0 Å². The molecule has 0 bridgehead atoms. The van der Waals surface area contributed by atoms with Crippen LogP contribution in [-0.4, -0.2) is 32.4 Å². The SMILES string of the molecule is C=CCOC(=O)c1cc(OCC=C)c(OCC=C)c(OCC=C)c1. The maximum absolute atomic E-state index is 12.1. The van der Waals surface area contributed by atoms with Gasteiger partial charge in [0.05, 0.1) is 5.56 Å². The van der Waals surface area contributed by atoms with Crippen LogP contribution in [0.4, 0.5) is 0 Å². The van der Waals surface area contributed by atoms with Gasteiger partial charge in [-0.15, -0.1) is 0 Å². The van der Waals surface area contributed by atoms with Gasteiger partial charge >= 0.3 is 5.97 Å². The lowest BCUT2D eigenvalue weighted by Crippen LogP contribution is -2.09. The summed E-state index contributed by atoms with van der Waals surface area (Å²) in [6.45, 7) is 15.2. The van der Waals surface area contributed by atoms with Gasteiger partial charge in [0.1, 0.15) is 26.4 Å². The van der Waals surface area contributed by atoms with Gasteiger partial charge in [-0.05, 0) is 12.1 Å². The smallest absolute Gasteiger partial charge is 0.338 e. The van der Waals surface area contributed by atoms with Crippen LogP contribution in [0.1, 0.15) is 10.4 Å². The molecule has 0 aliphatic rings. The fourth-order valence-corrected chi connectivity index (χ4v) is 1.71. The van der Waals surface area contributed by atoms with Crippen molar-refractivity contribution in [2.45, 2.75) is 0 Å². The lowest BCUT2D eigenvalue weighted by atomic mass is 10.2. The van der Waals surface area contributed by atoms with Crippen molar-refractivity contribution in [3.05, 3.63) is 68.3 Å². The highest BCUT2D eigenvalue weighted by Gasteiger charge is 2.19. The van der Waals surface area contributed by atoms with Gasteiger partial charge in [0, 0.05) is 0 Å². The average Bonchev–Trinajstić information content (AvgIpc) is 2.60. The molecule has 0 saturated carbocycles. The van der Waals surface area contributed by atoms with Crippen LogP contribution in [0.3, 0.4) is 0 Å². The Kier molecular flexibility index (Phi) is 8.53. The quantitative estimate of drug-likeness (QED) is 0.432. The highest BCUT2D eigenvalue weighted by Crippen LogP contribution is 2.39. The molecule has 0 heterocycles. The van der Waals surface area contributed by atoms with Gasteiger partial charge in [-0.25, -0.2) is 4.79 Å². The zero-order valence-corrected chi connectivity index (χ0v) is 13.7. The van der Waals surface area contributed by atoms with Crippen LogP contribution in [-0.2, 0) is 4.74 Å². The van der Waals surface area contributed by atoms with Gasteiger partial charge in [0.15, 0.2) is 11.5 Å². The van der Waals surface area contributed by atoms with Crippen LogP contribution in [0, 0.1) is 0 Å². The largest absolute Gasteiger partial charge is 0.485 e. The zero-order valence-electron chi connectivity index (χ0n) is 13.7. The predicted molar refractivity (Wildman–Crippen MR) is 94.0 cm³/mol. The number of esters is 1. The van der Waals surface area contributed by atoms with Crippen molar-refractivity contribution in [3.63, 3.8) is 0 Å². The summed E-state index contributed by atoms with van der Waals surface area (Å²) in [5.74, 6) is 0.559. The Morgan fingerprint density at radius 3 is 1.71 bits per heavy atom.